The molecule has 0 fully saturated rings. The van der Waals surface area contributed by atoms with Crippen LogP contribution in [-0.2, 0) is 29.1 Å². The minimum Gasteiger partial charge on any atom is -0.550 e. The molecule has 8 nitrogen and oxygen atoms in total. The summed E-state index contributed by atoms with van der Waals surface area (Å²) in [5, 5.41) is 21.9. The number of fused-ring (bicyclic) bond motifs is 2. The van der Waals surface area contributed by atoms with Gasteiger partial charge in [-0.15, -0.1) is 0 Å². The zero-order valence-corrected chi connectivity index (χ0v) is 16.7. The molecule has 0 saturated heterocycles. The predicted molar refractivity (Wildman–Crippen MR) is 105 cm³/mol. The van der Waals surface area contributed by atoms with E-state index >= 15 is 0 Å². The Morgan fingerprint density at radius 3 is 2.00 bits per heavy atom. The summed E-state index contributed by atoms with van der Waals surface area (Å²) >= 11 is 0. The molecule has 0 saturated carbocycles. The number of hydrogen-bond donors (Lipinski definition) is 0. The molecule has 2 aromatic heterocycles. The highest BCUT2D eigenvalue weighted by atomic mass is 16.4. The topological polar surface area (TPSA) is 114 Å². The first-order valence-corrected chi connectivity index (χ1v) is 9.91. The minimum absolute atomic E-state index is 0.127. The first-order valence-electron chi connectivity index (χ1n) is 9.91. The number of carboxylic acids is 2. The van der Waals surface area contributed by atoms with Crippen LogP contribution in [-0.4, -0.2) is 11.9 Å². The van der Waals surface area contributed by atoms with Crippen molar-refractivity contribution in [3.05, 3.63) is 66.4 Å². The number of aliphatic carboxylic acids is 2. The maximum atomic E-state index is 10.9. The van der Waals surface area contributed by atoms with Crippen LogP contribution in [0.1, 0.15) is 24.6 Å². The van der Waals surface area contributed by atoms with Crippen LogP contribution in [0.15, 0.2) is 63.4 Å². The summed E-state index contributed by atoms with van der Waals surface area (Å²) in [7, 11) is 0. The molecule has 31 heavy (non-hydrogen) atoms. The number of para-hydroxylation sites is 4. The van der Waals surface area contributed by atoms with Crippen molar-refractivity contribution in [1.82, 2.24) is 0 Å². The summed E-state index contributed by atoms with van der Waals surface area (Å²) in [4.78, 5) is 21.9. The van der Waals surface area contributed by atoms with Crippen molar-refractivity contribution >= 4 is 40.2 Å². The van der Waals surface area contributed by atoms with Gasteiger partial charge in [0.15, 0.2) is 13.1 Å². The van der Waals surface area contributed by atoms with Gasteiger partial charge in [-0.2, -0.15) is 9.13 Å². The molecule has 8 heteroatoms. The highest BCUT2D eigenvalue weighted by molar-refractivity contribution is 5.70. The third-order valence-electron chi connectivity index (χ3n) is 4.95. The molecule has 0 amide bonds. The largest absolute Gasteiger partial charge is 0.550 e. The van der Waals surface area contributed by atoms with E-state index in [2.05, 4.69) is 0 Å². The lowest BCUT2D eigenvalue weighted by molar-refractivity contribution is -0.683. The molecule has 0 bridgehead atoms. The van der Waals surface area contributed by atoms with E-state index in [1.54, 1.807) is 10.6 Å². The van der Waals surface area contributed by atoms with Gasteiger partial charge in [0.05, 0.1) is 6.42 Å². The fourth-order valence-corrected chi connectivity index (χ4v) is 3.55. The van der Waals surface area contributed by atoms with E-state index in [0.717, 1.165) is 11.0 Å². The highest BCUT2D eigenvalue weighted by Crippen LogP contribution is 2.17. The van der Waals surface area contributed by atoms with Crippen LogP contribution in [0, 0.1) is 0 Å². The van der Waals surface area contributed by atoms with Crippen molar-refractivity contribution < 1.29 is 37.8 Å². The summed E-state index contributed by atoms with van der Waals surface area (Å²) < 4.78 is 15.4. The summed E-state index contributed by atoms with van der Waals surface area (Å²) in [6.45, 7) is 0.452. The number of carbonyl (C=O) groups is 2. The van der Waals surface area contributed by atoms with Gasteiger partial charge in [-0.1, -0.05) is 30.3 Å². The van der Waals surface area contributed by atoms with Gasteiger partial charge in [0.1, 0.15) is 0 Å². The number of allylic oxidation sites excluding steroid dienone is 1. The third kappa shape index (κ3) is 4.48. The molecule has 0 N–H and O–H groups in total. The van der Waals surface area contributed by atoms with Gasteiger partial charge in [-0.25, -0.2) is 0 Å². The second kappa shape index (κ2) is 8.83. The number of carboxylic acid groups (broad SMARTS) is 2. The standard InChI is InChI=1S/C23H20N2O6/c26-22(27)12-14-24-16-6-1-3-8-18(16)30-20(24)10-5-11-21-25(15-13-23(28)29)17-7-2-4-9-19(17)31-21/h1-10H,11-15H2. The van der Waals surface area contributed by atoms with Crippen LogP contribution in [0.4, 0.5) is 0 Å². The van der Waals surface area contributed by atoms with Gasteiger partial charge in [0, 0.05) is 43.0 Å². The lowest BCUT2D eigenvalue weighted by Crippen LogP contribution is -2.39. The summed E-state index contributed by atoms with van der Waals surface area (Å²) in [5.41, 5.74) is 2.90. The quantitative estimate of drug-likeness (QED) is 0.360. The fourth-order valence-electron chi connectivity index (χ4n) is 3.55. The number of hydrogen-bond acceptors (Lipinski definition) is 6. The Hall–Kier alpha value is -3.94. The lowest BCUT2D eigenvalue weighted by atomic mass is 10.3. The molecule has 2 aromatic carbocycles. The lowest BCUT2D eigenvalue weighted by Gasteiger charge is -1.98. The first-order chi connectivity index (χ1) is 15.0. The maximum Gasteiger partial charge on any atom is 0.373 e. The number of nitrogens with zero attached hydrogens (tertiary/aromatic N) is 2. The van der Waals surface area contributed by atoms with E-state index in [0.29, 0.717) is 29.4 Å². The van der Waals surface area contributed by atoms with Crippen LogP contribution in [0.5, 0.6) is 0 Å². The maximum absolute atomic E-state index is 10.9. The van der Waals surface area contributed by atoms with Gasteiger partial charge < -0.3 is 28.6 Å². The Morgan fingerprint density at radius 2 is 1.35 bits per heavy atom. The van der Waals surface area contributed by atoms with Crippen LogP contribution in [0.3, 0.4) is 0 Å². The predicted octanol–water partition coefficient (Wildman–Crippen LogP) is 0.290. The normalized spacial score (nSPS) is 11.6. The molecule has 0 radical (unpaired) electrons. The van der Waals surface area contributed by atoms with Crippen molar-refractivity contribution in [3.63, 3.8) is 0 Å². The average molecular weight is 420 g/mol. The second-order valence-electron chi connectivity index (χ2n) is 7.03. The van der Waals surface area contributed by atoms with Crippen LogP contribution >= 0.6 is 0 Å². The van der Waals surface area contributed by atoms with E-state index in [1.165, 1.54) is 0 Å². The molecule has 0 spiro atoms. The van der Waals surface area contributed by atoms with Gasteiger partial charge in [0.2, 0.25) is 11.2 Å². The number of aromatic nitrogens is 2. The molecule has 0 unspecified atom stereocenters. The number of rotatable bonds is 9. The van der Waals surface area contributed by atoms with E-state index in [4.69, 9.17) is 8.83 Å². The third-order valence-corrected chi connectivity index (χ3v) is 4.95. The molecule has 0 aliphatic carbocycles. The zero-order valence-electron chi connectivity index (χ0n) is 16.7. The Morgan fingerprint density at radius 1 is 0.806 bits per heavy atom. The molecule has 4 rings (SSSR count). The van der Waals surface area contributed by atoms with Gasteiger partial charge in [-0.3, -0.25) is 0 Å². The molecule has 4 aromatic rings. The van der Waals surface area contributed by atoms with Crippen LogP contribution < -0.4 is 19.3 Å². The van der Waals surface area contributed by atoms with Crippen molar-refractivity contribution in [2.75, 3.05) is 0 Å². The zero-order chi connectivity index (χ0) is 21.8. The summed E-state index contributed by atoms with van der Waals surface area (Å²) in [6, 6.07) is 14.8. The number of aryl methyl sites for hydroxylation is 2. The number of carbonyl (C=O) groups excluding carboxylic acids is 2. The molecule has 0 atom stereocenters. The Labute approximate surface area is 177 Å². The Kier molecular flexibility index (Phi) is 5.79. The summed E-state index contributed by atoms with van der Waals surface area (Å²) in [5.74, 6) is -1.17. The highest BCUT2D eigenvalue weighted by Gasteiger charge is 2.23. The summed E-state index contributed by atoms with van der Waals surface area (Å²) in [6.07, 6.45) is 3.71. The molecule has 2 heterocycles. The fraction of sp³-hybridized carbons (Fsp3) is 0.217. The molecular formula is C23H20N2O6. The van der Waals surface area contributed by atoms with Crippen LogP contribution in [0.25, 0.3) is 28.3 Å². The van der Waals surface area contributed by atoms with Crippen molar-refractivity contribution in [1.29, 1.82) is 0 Å². The van der Waals surface area contributed by atoms with Crippen molar-refractivity contribution in [3.8, 4) is 0 Å². The first kappa shape index (κ1) is 20.3. The molecule has 158 valence electrons. The average Bonchev–Trinajstić information content (AvgIpc) is 3.28. The Balaban J connectivity index is 1.63. The Bertz CT molecular complexity index is 1280. The smallest absolute Gasteiger partial charge is 0.373 e. The van der Waals surface area contributed by atoms with Gasteiger partial charge >= 0.3 is 11.8 Å². The van der Waals surface area contributed by atoms with E-state index in [9.17, 15) is 19.8 Å². The van der Waals surface area contributed by atoms with Gasteiger partial charge in [0.25, 0.3) is 11.0 Å². The molecule has 0 aliphatic heterocycles. The number of benzene rings is 2. The minimum atomic E-state index is -1.14. The van der Waals surface area contributed by atoms with Crippen LogP contribution in [0.2, 0.25) is 0 Å². The van der Waals surface area contributed by atoms with Gasteiger partial charge in [-0.05, 0) is 12.1 Å². The van der Waals surface area contributed by atoms with E-state index < -0.39 is 11.9 Å². The van der Waals surface area contributed by atoms with E-state index in [1.807, 2.05) is 59.2 Å². The molecular weight excluding hydrogens is 400 g/mol. The van der Waals surface area contributed by atoms with Crippen molar-refractivity contribution in [2.45, 2.75) is 32.4 Å². The monoisotopic (exact) mass is 420 g/mol. The number of oxazole rings is 2. The van der Waals surface area contributed by atoms with E-state index in [-0.39, 0.29) is 25.9 Å². The van der Waals surface area contributed by atoms with Crippen molar-refractivity contribution in [2.24, 2.45) is 0 Å². The molecule has 0 aliphatic rings. The second-order valence-corrected chi connectivity index (χ2v) is 7.03. The SMILES string of the molecule is O=C([O-])CC[n+]1c(C=CCc2oc3ccccc3[n+]2CCC(=O)[O-])oc2ccccc21.